The first-order chi connectivity index (χ1) is 9.13. The molecule has 3 atom stereocenters. The largest absolute Gasteiger partial charge is 0.348 e. The molecule has 112 valence electrons. The summed E-state index contributed by atoms with van der Waals surface area (Å²) in [4.78, 5) is 12.1. The Morgan fingerprint density at radius 1 is 1.35 bits per heavy atom. The van der Waals surface area contributed by atoms with Gasteiger partial charge in [0, 0.05) is 0 Å². The van der Waals surface area contributed by atoms with Crippen LogP contribution in [0.3, 0.4) is 0 Å². The number of benzene rings is 1. The quantitative estimate of drug-likeness (QED) is 0.896. The van der Waals surface area contributed by atoms with Crippen LogP contribution in [0, 0.1) is 0 Å². The van der Waals surface area contributed by atoms with E-state index in [0.717, 1.165) is 25.7 Å². The number of nitrogens with one attached hydrogen (secondary N) is 1. The van der Waals surface area contributed by atoms with Gasteiger partial charge in [-0.05, 0) is 36.3 Å². The number of hydrogen-bond donors (Lipinski definition) is 2. The summed E-state index contributed by atoms with van der Waals surface area (Å²) >= 11 is 0. The van der Waals surface area contributed by atoms with Crippen molar-refractivity contribution in [2.75, 3.05) is 0 Å². The van der Waals surface area contributed by atoms with Crippen molar-refractivity contribution >= 4 is 18.3 Å². The molecular formula is C16H25ClN2O. The summed E-state index contributed by atoms with van der Waals surface area (Å²) in [6.07, 6.45) is 3.80. The van der Waals surface area contributed by atoms with Crippen molar-refractivity contribution in [2.45, 2.75) is 57.5 Å². The van der Waals surface area contributed by atoms with E-state index >= 15 is 0 Å². The van der Waals surface area contributed by atoms with E-state index in [0.29, 0.717) is 5.92 Å². The molecule has 1 aromatic carbocycles. The summed E-state index contributed by atoms with van der Waals surface area (Å²) in [6.45, 7) is 4.30. The molecule has 0 radical (unpaired) electrons. The zero-order valence-corrected chi connectivity index (χ0v) is 13.1. The molecule has 0 aromatic heterocycles. The normalized spacial score (nSPS) is 22.4. The third-order valence-corrected chi connectivity index (χ3v) is 4.04. The van der Waals surface area contributed by atoms with Gasteiger partial charge in [-0.3, -0.25) is 4.79 Å². The zero-order valence-electron chi connectivity index (χ0n) is 12.3. The van der Waals surface area contributed by atoms with Crippen LogP contribution in [0.2, 0.25) is 0 Å². The minimum Gasteiger partial charge on any atom is -0.348 e. The lowest BCUT2D eigenvalue weighted by Gasteiger charge is -2.31. The SMILES string of the molecule is CCCC(N)C(=O)NC1CCC(C)c2ccccc21.Cl. The van der Waals surface area contributed by atoms with Gasteiger partial charge in [-0.15, -0.1) is 12.4 Å². The van der Waals surface area contributed by atoms with E-state index in [1.807, 2.05) is 13.0 Å². The lowest BCUT2D eigenvalue weighted by atomic mass is 9.81. The minimum absolute atomic E-state index is 0. The summed E-state index contributed by atoms with van der Waals surface area (Å²) in [6, 6.07) is 8.16. The van der Waals surface area contributed by atoms with Gasteiger partial charge in [0.1, 0.15) is 0 Å². The van der Waals surface area contributed by atoms with Crippen molar-refractivity contribution in [1.82, 2.24) is 5.32 Å². The van der Waals surface area contributed by atoms with Crippen molar-refractivity contribution in [1.29, 1.82) is 0 Å². The van der Waals surface area contributed by atoms with Crippen LogP contribution >= 0.6 is 12.4 Å². The Morgan fingerprint density at radius 2 is 2.00 bits per heavy atom. The average molecular weight is 297 g/mol. The Kier molecular flexibility index (Phi) is 6.50. The smallest absolute Gasteiger partial charge is 0.237 e. The highest BCUT2D eigenvalue weighted by atomic mass is 35.5. The molecular weight excluding hydrogens is 272 g/mol. The van der Waals surface area contributed by atoms with Gasteiger partial charge in [-0.1, -0.05) is 44.5 Å². The monoisotopic (exact) mass is 296 g/mol. The Morgan fingerprint density at radius 3 is 2.65 bits per heavy atom. The highest BCUT2D eigenvalue weighted by molar-refractivity contribution is 5.85. The molecule has 1 aromatic rings. The predicted octanol–water partition coefficient (Wildman–Crippen LogP) is 3.29. The number of hydrogen-bond acceptors (Lipinski definition) is 2. The summed E-state index contributed by atoms with van der Waals surface area (Å²) < 4.78 is 0. The predicted molar refractivity (Wildman–Crippen MR) is 85.1 cm³/mol. The lowest BCUT2D eigenvalue weighted by Crippen LogP contribution is -2.43. The third kappa shape index (κ3) is 3.74. The van der Waals surface area contributed by atoms with Gasteiger partial charge in [-0.2, -0.15) is 0 Å². The molecule has 3 nitrogen and oxygen atoms in total. The van der Waals surface area contributed by atoms with Gasteiger partial charge in [-0.25, -0.2) is 0 Å². The number of rotatable bonds is 4. The molecule has 0 fully saturated rings. The van der Waals surface area contributed by atoms with Crippen LogP contribution in [-0.2, 0) is 4.79 Å². The fourth-order valence-corrected chi connectivity index (χ4v) is 2.88. The maximum atomic E-state index is 12.1. The fourth-order valence-electron chi connectivity index (χ4n) is 2.88. The van der Waals surface area contributed by atoms with E-state index in [2.05, 4.69) is 30.4 Å². The first-order valence-corrected chi connectivity index (χ1v) is 7.28. The average Bonchev–Trinajstić information content (AvgIpc) is 2.42. The first kappa shape index (κ1) is 17.0. The van der Waals surface area contributed by atoms with Crippen molar-refractivity contribution in [3.63, 3.8) is 0 Å². The molecule has 1 aliphatic carbocycles. The number of fused-ring (bicyclic) bond motifs is 1. The van der Waals surface area contributed by atoms with Gasteiger partial charge in [0.05, 0.1) is 12.1 Å². The highest BCUT2D eigenvalue weighted by Gasteiger charge is 2.26. The molecule has 0 spiro atoms. The van der Waals surface area contributed by atoms with Crippen molar-refractivity contribution in [2.24, 2.45) is 5.73 Å². The molecule has 3 N–H and O–H groups in total. The van der Waals surface area contributed by atoms with Gasteiger partial charge in [0.25, 0.3) is 0 Å². The van der Waals surface area contributed by atoms with E-state index in [4.69, 9.17) is 5.73 Å². The van der Waals surface area contributed by atoms with Crippen molar-refractivity contribution < 1.29 is 4.79 Å². The lowest BCUT2D eigenvalue weighted by molar-refractivity contribution is -0.123. The molecule has 0 bridgehead atoms. The highest BCUT2D eigenvalue weighted by Crippen LogP contribution is 2.36. The number of carbonyl (C=O) groups is 1. The van der Waals surface area contributed by atoms with Crippen LogP contribution in [0.15, 0.2) is 24.3 Å². The summed E-state index contributed by atoms with van der Waals surface area (Å²) in [5.41, 5.74) is 8.51. The number of amides is 1. The number of carbonyl (C=O) groups excluding carboxylic acids is 1. The molecule has 2 rings (SSSR count). The van der Waals surface area contributed by atoms with E-state index in [1.54, 1.807) is 0 Å². The molecule has 1 amide bonds. The van der Waals surface area contributed by atoms with Gasteiger partial charge < -0.3 is 11.1 Å². The first-order valence-electron chi connectivity index (χ1n) is 7.28. The minimum atomic E-state index is -0.378. The maximum absolute atomic E-state index is 12.1. The van der Waals surface area contributed by atoms with Crippen LogP contribution in [0.25, 0.3) is 0 Å². The molecule has 20 heavy (non-hydrogen) atoms. The molecule has 1 aliphatic rings. The Balaban J connectivity index is 0.00000200. The zero-order chi connectivity index (χ0) is 13.8. The van der Waals surface area contributed by atoms with Crippen molar-refractivity contribution in [3.05, 3.63) is 35.4 Å². The van der Waals surface area contributed by atoms with Crippen LogP contribution in [-0.4, -0.2) is 11.9 Å². The van der Waals surface area contributed by atoms with E-state index in [1.165, 1.54) is 11.1 Å². The Hall–Kier alpha value is -1.06. The second kappa shape index (κ2) is 7.65. The molecule has 3 unspecified atom stereocenters. The summed E-state index contributed by atoms with van der Waals surface area (Å²) in [5, 5.41) is 3.12. The molecule has 0 saturated carbocycles. The van der Waals surface area contributed by atoms with Crippen LogP contribution in [0.5, 0.6) is 0 Å². The number of nitrogens with two attached hydrogens (primary N) is 1. The topological polar surface area (TPSA) is 55.1 Å². The van der Waals surface area contributed by atoms with Gasteiger partial charge >= 0.3 is 0 Å². The Labute approximate surface area is 127 Å². The maximum Gasteiger partial charge on any atom is 0.237 e. The molecule has 0 heterocycles. The second-order valence-electron chi connectivity index (χ2n) is 5.56. The molecule has 0 aliphatic heterocycles. The molecule has 4 heteroatoms. The standard InChI is InChI=1S/C16H24N2O.ClH/c1-3-6-14(17)16(19)18-15-10-9-11(2)12-7-4-5-8-13(12)15;/h4-5,7-8,11,14-15H,3,6,9-10,17H2,1-2H3,(H,18,19);1H. The second-order valence-corrected chi connectivity index (χ2v) is 5.56. The van der Waals surface area contributed by atoms with E-state index in [9.17, 15) is 4.79 Å². The Bertz CT molecular complexity index is 450. The fraction of sp³-hybridized carbons (Fsp3) is 0.562. The van der Waals surface area contributed by atoms with Crippen molar-refractivity contribution in [3.8, 4) is 0 Å². The molecule has 0 saturated heterocycles. The van der Waals surface area contributed by atoms with E-state index in [-0.39, 0.29) is 30.4 Å². The third-order valence-electron chi connectivity index (χ3n) is 4.04. The summed E-state index contributed by atoms with van der Waals surface area (Å²) in [5.74, 6) is 0.560. The van der Waals surface area contributed by atoms with E-state index < -0.39 is 0 Å². The van der Waals surface area contributed by atoms with Crippen LogP contribution in [0.4, 0.5) is 0 Å². The van der Waals surface area contributed by atoms with Crippen LogP contribution < -0.4 is 11.1 Å². The van der Waals surface area contributed by atoms with Gasteiger partial charge in [0.15, 0.2) is 0 Å². The summed E-state index contributed by atoms with van der Waals surface area (Å²) in [7, 11) is 0. The number of halogens is 1. The van der Waals surface area contributed by atoms with Gasteiger partial charge in [0.2, 0.25) is 5.91 Å². The van der Waals surface area contributed by atoms with Crippen LogP contribution in [0.1, 0.15) is 62.6 Å².